The van der Waals surface area contributed by atoms with Crippen LogP contribution in [0.5, 0.6) is 11.5 Å². The van der Waals surface area contributed by atoms with E-state index in [4.69, 9.17) is 14.2 Å². The smallest absolute Gasteiger partial charge is 0.412 e. The molecule has 0 fully saturated rings. The van der Waals surface area contributed by atoms with Gasteiger partial charge in [0.1, 0.15) is 17.1 Å². The van der Waals surface area contributed by atoms with Gasteiger partial charge in [0.05, 0.1) is 14.2 Å². The number of nitrogens with zero attached hydrogens (tertiary/aromatic N) is 1. The van der Waals surface area contributed by atoms with Crippen molar-refractivity contribution < 1.29 is 24.1 Å². The van der Waals surface area contributed by atoms with Crippen molar-refractivity contribution in [1.82, 2.24) is 4.90 Å². The zero-order valence-corrected chi connectivity index (χ0v) is 13.3. The van der Waals surface area contributed by atoms with Gasteiger partial charge in [0.25, 0.3) is 0 Å². The average Bonchev–Trinajstić information content (AvgIpc) is 2.43. The molecule has 0 spiro atoms. The molecular formula is C15H23NO5. The summed E-state index contributed by atoms with van der Waals surface area (Å²) in [6, 6.07) is 4.97. The molecule has 0 aliphatic heterocycles. The molecule has 1 atom stereocenters. The number of carbonyl (C=O) groups is 1. The van der Waals surface area contributed by atoms with Gasteiger partial charge in [-0.05, 0) is 32.9 Å². The van der Waals surface area contributed by atoms with Gasteiger partial charge in [-0.2, -0.15) is 0 Å². The molecule has 1 aromatic rings. The van der Waals surface area contributed by atoms with E-state index in [1.54, 1.807) is 39.0 Å². The first-order valence-electron chi connectivity index (χ1n) is 6.55. The summed E-state index contributed by atoms with van der Waals surface area (Å²) in [5, 5.41) is 10.3. The summed E-state index contributed by atoms with van der Waals surface area (Å²) >= 11 is 0. The van der Waals surface area contributed by atoms with Gasteiger partial charge >= 0.3 is 6.09 Å². The number of carbonyl (C=O) groups excluding carboxylic acids is 1. The lowest BCUT2D eigenvalue weighted by atomic mass is 10.1. The van der Waals surface area contributed by atoms with Crippen LogP contribution in [0.3, 0.4) is 0 Å². The second kappa shape index (κ2) is 6.67. The Balaban J connectivity index is 2.97. The van der Waals surface area contributed by atoms with Crippen LogP contribution in [0, 0.1) is 0 Å². The average molecular weight is 297 g/mol. The molecule has 1 rings (SSSR count). The highest BCUT2D eigenvalue weighted by Crippen LogP contribution is 2.31. The highest BCUT2D eigenvalue weighted by Gasteiger charge is 2.26. The number of hydrogen-bond donors (Lipinski definition) is 1. The van der Waals surface area contributed by atoms with E-state index in [-0.39, 0.29) is 0 Å². The molecule has 1 aromatic carbocycles. The Hall–Kier alpha value is -1.95. The normalized spacial score (nSPS) is 12.5. The molecule has 0 saturated carbocycles. The van der Waals surface area contributed by atoms with Crippen molar-refractivity contribution in [1.29, 1.82) is 0 Å². The SMILES string of the molecule is COc1ccc(C(O)N(C)C(=O)OC(C)(C)C)c(OC)c1. The molecule has 1 amide bonds. The van der Waals surface area contributed by atoms with Crippen LogP contribution in [0.25, 0.3) is 0 Å². The van der Waals surface area contributed by atoms with Crippen LogP contribution in [-0.2, 0) is 4.74 Å². The van der Waals surface area contributed by atoms with Gasteiger partial charge in [-0.3, -0.25) is 4.90 Å². The number of methoxy groups -OCH3 is 2. The second-order valence-electron chi connectivity index (χ2n) is 5.57. The lowest BCUT2D eigenvalue weighted by Crippen LogP contribution is -2.36. The molecular weight excluding hydrogens is 274 g/mol. The molecule has 0 aromatic heterocycles. The number of hydrogen-bond acceptors (Lipinski definition) is 5. The van der Waals surface area contributed by atoms with E-state index in [2.05, 4.69) is 0 Å². The summed E-state index contributed by atoms with van der Waals surface area (Å²) in [6.07, 6.45) is -1.80. The quantitative estimate of drug-likeness (QED) is 0.865. The van der Waals surface area contributed by atoms with Crippen molar-refractivity contribution in [2.75, 3.05) is 21.3 Å². The third-order valence-electron chi connectivity index (χ3n) is 2.77. The van der Waals surface area contributed by atoms with Crippen molar-refractivity contribution >= 4 is 6.09 Å². The lowest BCUT2D eigenvalue weighted by molar-refractivity contribution is -0.0216. The van der Waals surface area contributed by atoms with Gasteiger partial charge in [0.2, 0.25) is 0 Å². The molecule has 1 unspecified atom stereocenters. The molecule has 21 heavy (non-hydrogen) atoms. The first-order valence-corrected chi connectivity index (χ1v) is 6.55. The van der Waals surface area contributed by atoms with Gasteiger partial charge in [0.15, 0.2) is 6.23 Å². The fourth-order valence-corrected chi connectivity index (χ4v) is 1.67. The van der Waals surface area contributed by atoms with Crippen molar-refractivity contribution in [3.05, 3.63) is 23.8 Å². The number of rotatable bonds is 4. The fourth-order valence-electron chi connectivity index (χ4n) is 1.67. The minimum Gasteiger partial charge on any atom is -0.497 e. The van der Waals surface area contributed by atoms with Crippen molar-refractivity contribution in [3.63, 3.8) is 0 Å². The maximum absolute atomic E-state index is 12.0. The number of benzene rings is 1. The van der Waals surface area contributed by atoms with Crippen molar-refractivity contribution in [2.24, 2.45) is 0 Å². The van der Waals surface area contributed by atoms with E-state index >= 15 is 0 Å². The Bertz CT molecular complexity index is 495. The minimum absolute atomic E-state index is 0.428. The van der Waals surface area contributed by atoms with Crippen LogP contribution >= 0.6 is 0 Å². The molecule has 0 radical (unpaired) electrons. The zero-order valence-electron chi connectivity index (χ0n) is 13.3. The van der Waals surface area contributed by atoms with Crippen LogP contribution in [0.2, 0.25) is 0 Å². The topological polar surface area (TPSA) is 68.2 Å². The van der Waals surface area contributed by atoms with Gasteiger partial charge in [-0.25, -0.2) is 4.79 Å². The maximum Gasteiger partial charge on any atom is 0.412 e. The van der Waals surface area contributed by atoms with Gasteiger partial charge in [-0.1, -0.05) is 0 Å². The molecule has 6 heteroatoms. The number of aliphatic hydroxyl groups is 1. The summed E-state index contributed by atoms with van der Waals surface area (Å²) in [7, 11) is 4.48. The third-order valence-corrected chi connectivity index (χ3v) is 2.77. The predicted octanol–water partition coefficient (Wildman–Crippen LogP) is 2.56. The Labute approximate surface area is 125 Å². The van der Waals surface area contributed by atoms with Gasteiger partial charge < -0.3 is 19.3 Å². The van der Waals surface area contributed by atoms with E-state index < -0.39 is 17.9 Å². The van der Waals surface area contributed by atoms with Gasteiger partial charge in [-0.15, -0.1) is 0 Å². The second-order valence-corrected chi connectivity index (χ2v) is 5.57. The number of ether oxygens (including phenoxy) is 3. The first-order chi connectivity index (χ1) is 9.69. The summed E-state index contributed by atoms with van der Waals surface area (Å²) in [6.45, 7) is 5.29. The number of aliphatic hydroxyl groups excluding tert-OH is 1. The maximum atomic E-state index is 12.0. The highest BCUT2D eigenvalue weighted by molar-refractivity contribution is 5.68. The van der Waals surface area contributed by atoms with E-state index in [0.29, 0.717) is 17.1 Å². The van der Waals surface area contributed by atoms with Crippen molar-refractivity contribution in [2.45, 2.75) is 32.6 Å². The van der Waals surface area contributed by atoms with Crippen LogP contribution in [0.4, 0.5) is 4.79 Å². The Morgan fingerprint density at radius 1 is 1.24 bits per heavy atom. The van der Waals surface area contributed by atoms with Crippen LogP contribution in [0.1, 0.15) is 32.6 Å². The van der Waals surface area contributed by atoms with Gasteiger partial charge in [0, 0.05) is 18.7 Å². The molecule has 0 saturated heterocycles. The number of amides is 1. The largest absolute Gasteiger partial charge is 0.497 e. The van der Waals surface area contributed by atoms with Crippen LogP contribution in [-0.4, -0.2) is 43.0 Å². The molecule has 1 N–H and O–H groups in total. The van der Waals surface area contributed by atoms with E-state index in [1.807, 2.05) is 0 Å². The molecule has 0 aliphatic carbocycles. The summed E-state index contributed by atoms with van der Waals surface area (Å²) in [5.74, 6) is 1.03. The minimum atomic E-state index is -1.18. The Morgan fingerprint density at radius 2 is 1.86 bits per heavy atom. The Morgan fingerprint density at radius 3 is 2.33 bits per heavy atom. The van der Waals surface area contributed by atoms with E-state index in [0.717, 1.165) is 4.90 Å². The molecule has 6 nitrogen and oxygen atoms in total. The molecule has 0 bridgehead atoms. The first kappa shape index (κ1) is 17.1. The summed E-state index contributed by atoms with van der Waals surface area (Å²) in [5.41, 5.74) is -0.179. The molecule has 0 heterocycles. The fraction of sp³-hybridized carbons (Fsp3) is 0.533. The Kier molecular flexibility index (Phi) is 5.43. The standard InChI is InChI=1S/C15H23NO5/c1-15(2,3)21-14(18)16(4)13(17)11-8-7-10(19-5)9-12(11)20-6/h7-9,13,17H,1-6H3. The lowest BCUT2D eigenvalue weighted by Gasteiger charge is -2.28. The van der Waals surface area contributed by atoms with Crippen molar-refractivity contribution in [3.8, 4) is 11.5 Å². The predicted molar refractivity (Wildman–Crippen MR) is 78.5 cm³/mol. The highest BCUT2D eigenvalue weighted by atomic mass is 16.6. The monoisotopic (exact) mass is 297 g/mol. The third kappa shape index (κ3) is 4.53. The summed E-state index contributed by atoms with van der Waals surface area (Å²) < 4.78 is 15.5. The van der Waals surface area contributed by atoms with Crippen LogP contribution < -0.4 is 9.47 Å². The molecule has 118 valence electrons. The summed E-state index contributed by atoms with van der Waals surface area (Å²) in [4.78, 5) is 13.1. The van der Waals surface area contributed by atoms with Crippen LogP contribution in [0.15, 0.2) is 18.2 Å². The molecule has 0 aliphatic rings. The van der Waals surface area contributed by atoms with E-state index in [1.165, 1.54) is 21.3 Å². The zero-order chi connectivity index (χ0) is 16.2. The van der Waals surface area contributed by atoms with E-state index in [9.17, 15) is 9.90 Å².